The molecule has 51 heavy (non-hydrogen) atoms. The van der Waals surface area contributed by atoms with Gasteiger partial charge in [0.15, 0.2) is 11.4 Å². The smallest absolute Gasteiger partial charge is 0.180 e. The molecular formula is C46H31N3OS. The summed E-state index contributed by atoms with van der Waals surface area (Å²) in [6, 6.07) is 40.0. The van der Waals surface area contributed by atoms with Crippen LogP contribution in [0, 0.1) is 0 Å². The molecule has 0 radical (unpaired) electrons. The van der Waals surface area contributed by atoms with Gasteiger partial charge in [0.2, 0.25) is 0 Å². The number of nitrogens with zero attached hydrogens (tertiary/aromatic N) is 3. The van der Waals surface area contributed by atoms with Crippen molar-refractivity contribution in [3.63, 3.8) is 0 Å². The number of furan rings is 1. The van der Waals surface area contributed by atoms with Crippen LogP contribution in [0.15, 0.2) is 145 Å². The van der Waals surface area contributed by atoms with Crippen molar-refractivity contribution >= 4 is 78.4 Å². The Morgan fingerprint density at radius 3 is 2.24 bits per heavy atom. The molecule has 0 aliphatic rings. The molecule has 0 fully saturated rings. The van der Waals surface area contributed by atoms with Gasteiger partial charge in [0.05, 0.1) is 11.0 Å². The third-order valence-electron chi connectivity index (χ3n) is 9.53. The third kappa shape index (κ3) is 4.82. The highest BCUT2D eigenvalue weighted by Gasteiger charge is 2.21. The number of allylic oxidation sites excluding steroid dienone is 1. The highest BCUT2D eigenvalue weighted by Crippen LogP contribution is 2.43. The van der Waals surface area contributed by atoms with Crippen molar-refractivity contribution in [2.24, 2.45) is 0 Å². The van der Waals surface area contributed by atoms with Gasteiger partial charge in [-0.15, -0.1) is 11.3 Å². The summed E-state index contributed by atoms with van der Waals surface area (Å²) in [6.07, 6.45) is 7.41. The lowest BCUT2D eigenvalue weighted by Gasteiger charge is -2.10. The second-order valence-electron chi connectivity index (χ2n) is 12.4. The third-order valence-corrected chi connectivity index (χ3v) is 10.7. The van der Waals surface area contributed by atoms with Crippen molar-refractivity contribution in [3.8, 4) is 39.5 Å². The molecule has 4 nitrogen and oxygen atoms in total. The minimum absolute atomic E-state index is 0.667. The molecule has 0 saturated heterocycles. The lowest BCUT2D eigenvalue weighted by atomic mass is 10.0. The standard InChI is InChI=1S/C46H31N3OS/c1-5-14-39-28(4)33(6-2)38(7-3)49(39)32-24-21-29(22-25-32)31-23-26-36-40(27-31)50-44-42(36)47-46(30-15-9-8-10-16-30)48-43(44)37-19-13-18-35-34-17-11-12-20-41(34)51-45(35)37/h5-27H,1-4H2/b39-14+. The first kappa shape index (κ1) is 30.5. The predicted molar refractivity (Wildman–Crippen MR) is 217 cm³/mol. The summed E-state index contributed by atoms with van der Waals surface area (Å²) >= 11 is 1.78. The normalized spacial score (nSPS) is 12.0. The summed E-state index contributed by atoms with van der Waals surface area (Å²) in [5.74, 6) is 0.667. The number of rotatable bonds is 7. The van der Waals surface area contributed by atoms with E-state index in [0.717, 1.165) is 71.9 Å². The van der Waals surface area contributed by atoms with Crippen molar-refractivity contribution in [2.75, 3.05) is 0 Å². The number of hydrogen-bond acceptors (Lipinski definition) is 4. The Balaban J connectivity index is 1.21. The van der Waals surface area contributed by atoms with Gasteiger partial charge >= 0.3 is 0 Å². The Bertz CT molecular complexity index is 2980. The molecule has 242 valence electrons. The average Bonchev–Trinajstić information content (AvgIpc) is 3.83. The largest absolute Gasteiger partial charge is 0.452 e. The Morgan fingerprint density at radius 1 is 0.686 bits per heavy atom. The number of benzene rings is 5. The molecule has 9 rings (SSSR count). The first-order valence-corrected chi connectivity index (χ1v) is 17.5. The van der Waals surface area contributed by atoms with Gasteiger partial charge in [0.1, 0.15) is 16.8 Å². The van der Waals surface area contributed by atoms with Gasteiger partial charge in [-0.2, -0.15) is 0 Å². The maximum absolute atomic E-state index is 6.74. The summed E-state index contributed by atoms with van der Waals surface area (Å²) in [7, 11) is 0. The summed E-state index contributed by atoms with van der Waals surface area (Å²) in [4.78, 5) is 10.3. The van der Waals surface area contributed by atoms with E-state index in [1.54, 1.807) is 17.4 Å². The Kier molecular flexibility index (Phi) is 7.23. The highest BCUT2D eigenvalue weighted by atomic mass is 32.1. The Morgan fingerprint density at radius 2 is 1.45 bits per heavy atom. The van der Waals surface area contributed by atoms with E-state index in [2.05, 4.69) is 128 Å². The molecule has 5 heteroatoms. The topological polar surface area (TPSA) is 43.9 Å². The first-order valence-electron chi connectivity index (χ1n) is 16.7. The second kappa shape index (κ2) is 12.1. The summed E-state index contributed by atoms with van der Waals surface area (Å²) in [5.41, 5.74) is 10.0. The first-order chi connectivity index (χ1) is 25.1. The predicted octanol–water partition coefficient (Wildman–Crippen LogP) is 11.2. The van der Waals surface area contributed by atoms with Crippen molar-refractivity contribution in [1.29, 1.82) is 0 Å². The zero-order valence-electron chi connectivity index (χ0n) is 27.8. The van der Waals surface area contributed by atoms with E-state index in [9.17, 15) is 0 Å². The van der Waals surface area contributed by atoms with Gasteiger partial charge in [-0.1, -0.05) is 123 Å². The molecule has 0 bridgehead atoms. The maximum atomic E-state index is 6.74. The van der Waals surface area contributed by atoms with E-state index in [4.69, 9.17) is 14.4 Å². The van der Waals surface area contributed by atoms with E-state index >= 15 is 0 Å². The molecule has 0 amide bonds. The number of aromatic nitrogens is 3. The van der Waals surface area contributed by atoms with Crippen LogP contribution in [-0.4, -0.2) is 14.5 Å². The SMILES string of the molecule is C=C/C=c1\c(=C)c(C=C)c(C=C)n1-c1ccc(-c2ccc3c(c2)oc2c(-c4cccc5c4sc4ccccc45)nc(-c4ccccc4)nc23)cc1. The monoisotopic (exact) mass is 673 g/mol. The van der Waals surface area contributed by atoms with E-state index in [1.807, 2.05) is 36.4 Å². The zero-order chi connectivity index (χ0) is 34.6. The van der Waals surface area contributed by atoms with E-state index in [-0.39, 0.29) is 0 Å². The van der Waals surface area contributed by atoms with Crippen LogP contribution in [0.5, 0.6) is 0 Å². The van der Waals surface area contributed by atoms with Crippen LogP contribution in [0.25, 0.3) is 107 Å². The summed E-state index contributed by atoms with van der Waals surface area (Å²) < 4.78 is 11.3. The van der Waals surface area contributed by atoms with Crippen LogP contribution in [-0.2, 0) is 0 Å². The van der Waals surface area contributed by atoms with Crippen molar-refractivity contribution in [2.45, 2.75) is 0 Å². The van der Waals surface area contributed by atoms with Crippen molar-refractivity contribution in [3.05, 3.63) is 163 Å². The van der Waals surface area contributed by atoms with Gasteiger partial charge in [0.25, 0.3) is 0 Å². The molecule has 4 aromatic heterocycles. The van der Waals surface area contributed by atoms with Gasteiger partial charge in [-0.25, -0.2) is 9.97 Å². The Labute approximate surface area is 298 Å². The van der Waals surface area contributed by atoms with Gasteiger partial charge in [-0.05, 0) is 53.6 Å². The minimum Gasteiger partial charge on any atom is -0.452 e. The zero-order valence-corrected chi connectivity index (χ0v) is 28.6. The van der Waals surface area contributed by atoms with Crippen LogP contribution >= 0.6 is 11.3 Å². The average molecular weight is 674 g/mol. The summed E-state index contributed by atoms with van der Waals surface area (Å²) in [6.45, 7) is 16.3. The second-order valence-corrected chi connectivity index (χ2v) is 13.4. The van der Waals surface area contributed by atoms with E-state index in [1.165, 1.54) is 20.2 Å². The molecule has 9 aromatic rings. The van der Waals surface area contributed by atoms with Crippen molar-refractivity contribution in [1.82, 2.24) is 14.5 Å². The number of hydrogen-bond donors (Lipinski definition) is 0. The summed E-state index contributed by atoms with van der Waals surface area (Å²) in [5, 5.41) is 5.24. The molecule has 5 aromatic carbocycles. The van der Waals surface area contributed by atoms with E-state index in [0.29, 0.717) is 11.4 Å². The highest BCUT2D eigenvalue weighted by molar-refractivity contribution is 7.26. The molecule has 0 saturated carbocycles. The molecule has 0 spiro atoms. The van der Waals surface area contributed by atoms with Crippen LogP contribution in [0.2, 0.25) is 0 Å². The van der Waals surface area contributed by atoms with Gasteiger partial charge in [0, 0.05) is 53.2 Å². The van der Waals surface area contributed by atoms with Crippen LogP contribution in [0.1, 0.15) is 11.3 Å². The fourth-order valence-corrected chi connectivity index (χ4v) is 8.35. The molecule has 0 aliphatic heterocycles. The number of fused-ring (bicyclic) bond motifs is 6. The fraction of sp³-hybridized carbons (Fsp3) is 0. The minimum atomic E-state index is 0.667. The maximum Gasteiger partial charge on any atom is 0.180 e. The van der Waals surface area contributed by atoms with E-state index < -0.39 is 0 Å². The van der Waals surface area contributed by atoms with Gasteiger partial charge in [-0.3, -0.25) is 0 Å². The molecule has 0 N–H and O–H groups in total. The fourth-order valence-electron chi connectivity index (χ4n) is 7.13. The molecule has 4 heterocycles. The van der Waals surface area contributed by atoms with Crippen LogP contribution in [0.3, 0.4) is 0 Å². The van der Waals surface area contributed by atoms with Crippen molar-refractivity contribution < 1.29 is 4.42 Å². The molecule has 0 atom stereocenters. The molecule has 0 unspecified atom stereocenters. The molecule has 0 aliphatic carbocycles. The van der Waals surface area contributed by atoms with Gasteiger partial charge < -0.3 is 8.98 Å². The quantitative estimate of drug-likeness (QED) is 0.169. The number of thiophene rings is 1. The molecular weight excluding hydrogens is 643 g/mol. The Hall–Kier alpha value is -6.56. The van der Waals surface area contributed by atoms with Crippen LogP contribution < -0.4 is 10.6 Å². The lowest BCUT2D eigenvalue weighted by Crippen LogP contribution is -2.27. The van der Waals surface area contributed by atoms with Crippen LogP contribution in [0.4, 0.5) is 0 Å². The lowest BCUT2D eigenvalue weighted by molar-refractivity contribution is 0.667.